The Kier molecular flexibility index (Phi) is 8.36. The first-order valence-corrected chi connectivity index (χ1v) is 12.6. The van der Waals surface area contributed by atoms with Gasteiger partial charge in [-0.05, 0) is 70.2 Å². The van der Waals surface area contributed by atoms with Gasteiger partial charge in [0.25, 0.3) is 0 Å². The summed E-state index contributed by atoms with van der Waals surface area (Å²) in [5, 5.41) is 6.15. The third-order valence-electron chi connectivity index (χ3n) is 5.56. The first-order chi connectivity index (χ1) is 17.8. The first kappa shape index (κ1) is 26.1. The number of nitrogens with zero attached hydrogens (tertiary/aromatic N) is 6. The molecule has 37 heavy (non-hydrogen) atoms. The first-order valence-electron chi connectivity index (χ1n) is 11.8. The molecule has 2 amide bonds. The van der Waals surface area contributed by atoms with Gasteiger partial charge in [-0.2, -0.15) is 0 Å². The number of carbonyl (C=O) groups excluding carboxylic acids is 1. The lowest BCUT2D eigenvalue weighted by atomic mass is 9.98. The van der Waals surface area contributed by atoms with Crippen LogP contribution in [0.2, 0.25) is 0 Å². The highest BCUT2D eigenvalue weighted by molar-refractivity contribution is 7.19. The summed E-state index contributed by atoms with van der Waals surface area (Å²) in [4.78, 5) is 37.7. The van der Waals surface area contributed by atoms with Gasteiger partial charge in [0.05, 0.1) is 29.6 Å². The van der Waals surface area contributed by atoms with Crippen LogP contribution in [0.4, 0.5) is 9.93 Å². The molecular formula is C26H30N8O2S. The average Bonchev–Trinajstić information content (AvgIpc) is 3.35. The zero-order valence-corrected chi connectivity index (χ0v) is 22.4. The fraction of sp³-hybridized carbons (Fsp3) is 0.308. The predicted octanol–water partition coefficient (Wildman–Crippen LogP) is 4.42. The van der Waals surface area contributed by atoms with Gasteiger partial charge in [-0.15, -0.1) is 0 Å². The molecule has 0 fully saturated rings. The summed E-state index contributed by atoms with van der Waals surface area (Å²) in [7, 11) is 5.66. The van der Waals surface area contributed by atoms with Crippen molar-refractivity contribution in [3.63, 3.8) is 0 Å². The third kappa shape index (κ3) is 6.63. The lowest BCUT2D eigenvalue weighted by molar-refractivity contribution is 0.251. The summed E-state index contributed by atoms with van der Waals surface area (Å²) in [6.45, 7) is 5.54. The average molecular weight is 519 g/mol. The van der Waals surface area contributed by atoms with Crippen LogP contribution in [0.25, 0.3) is 33.3 Å². The topological polar surface area (TPSA) is 118 Å². The number of methoxy groups -OCH3 is 1. The highest BCUT2D eigenvalue weighted by Gasteiger charge is 2.17. The van der Waals surface area contributed by atoms with Gasteiger partial charge in [-0.25, -0.2) is 24.7 Å². The number of rotatable bonds is 9. The van der Waals surface area contributed by atoms with Crippen LogP contribution >= 0.6 is 11.3 Å². The molecule has 0 unspecified atom stereocenters. The molecule has 0 aliphatic rings. The Balaban J connectivity index is 1.65. The second-order valence-corrected chi connectivity index (χ2v) is 9.79. The van der Waals surface area contributed by atoms with E-state index in [0.717, 1.165) is 46.0 Å². The standard InChI is InChI=1S/C26H30N8O2S/c1-16-11-18(36-5)12-17(2)23(16)20-13-19(31-24(32-20)21-14-27-8-9-28-21)22-15-30-26(37-22)33-25(35)29-7-6-10-34(3)4/h8-9,11-15H,6-7,10H2,1-5H3,(H2,29,30,33,35). The van der Waals surface area contributed by atoms with Gasteiger partial charge in [0.1, 0.15) is 11.4 Å². The van der Waals surface area contributed by atoms with Gasteiger partial charge in [0.2, 0.25) is 0 Å². The van der Waals surface area contributed by atoms with Crippen LogP contribution in [0.5, 0.6) is 5.75 Å². The molecule has 192 valence electrons. The number of ether oxygens (including phenoxy) is 1. The van der Waals surface area contributed by atoms with Crippen LogP contribution in [0.1, 0.15) is 17.5 Å². The lowest BCUT2D eigenvalue weighted by Crippen LogP contribution is -2.31. The Morgan fingerprint density at radius 1 is 1.00 bits per heavy atom. The number of aromatic nitrogens is 5. The highest BCUT2D eigenvalue weighted by Crippen LogP contribution is 2.35. The van der Waals surface area contributed by atoms with Crippen molar-refractivity contribution in [2.75, 3.05) is 39.6 Å². The summed E-state index contributed by atoms with van der Waals surface area (Å²) in [6.07, 6.45) is 7.42. The van der Waals surface area contributed by atoms with E-state index >= 15 is 0 Å². The minimum atomic E-state index is -0.284. The molecule has 1 aromatic carbocycles. The van der Waals surface area contributed by atoms with Gasteiger partial charge >= 0.3 is 6.03 Å². The fourth-order valence-electron chi connectivity index (χ4n) is 3.87. The van der Waals surface area contributed by atoms with Gasteiger partial charge in [-0.1, -0.05) is 11.3 Å². The van der Waals surface area contributed by atoms with E-state index in [1.807, 2.05) is 46.1 Å². The minimum Gasteiger partial charge on any atom is -0.497 e. The number of anilines is 1. The zero-order chi connectivity index (χ0) is 26.4. The van der Waals surface area contributed by atoms with Crippen molar-refractivity contribution in [1.82, 2.24) is 35.1 Å². The molecule has 0 saturated heterocycles. The monoisotopic (exact) mass is 518 g/mol. The van der Waals surface area contributed by atoms with Crippen LogP contribution in [-0.2, 0) is 0 Å². The van der Waals surface area contributed by atoms with E-state index in [4.69, 9.17) is 14.7 Å². The van der Waals surface area contributed by atoms with E-state index in [-0.39, 0.29) is 6.03 Å². The molecule has 2 N–H and O–H groups in total. The van der Waals surface area contributed by atoms with Crippen LogP contribution in [0, 0.1) is 13.8 Å². The molecule has 4 rings (SSSR count). The SMILES string of the molecule is COc1cc(C)c(-c2cc(-c3cnc(NC(=O)NCCCN(C)C)s3)nc(-c3cnccn3)n2)c(C)c1. The third-order valence-corrected chi connectivity index (χ3v) is 6.50. The minimum absolute atomic E-state index is 0.284. The lowest BCUT2D eigenvalue weighted by Gasteiger charge is -2.13. The molecular weight excluding hydrogens is 488 g/mol. The van der Waals surface area contributed by atoms with Gasteiger partial charge in [-0.3, -0.25) is 10.3 Å². The number of nitrogens with one attached hydrogen (secondary N) is 2. The molecule has 3 heterocycles. The number of carbonyl (C=O) groups is 1. The van der Waals surface area contributed by atoms with Crippen LogP contribution < -0.4 is 15.4 Å². The Bertz CT molecular complexity index is 1350. The van der Waals surface area contributed by atoms with Crippen molar-refractivity contribution in [2.24, 2.45) is 0 Å². The van der Waals surface area contributed by atoms with Crippen molar-refractivity contribution in [3.8, 4) is 39.1 Å². The zero-order valence-electron chi connectivity index (χ0n) is 21.6. The number of urea groups is 1. The van der Waals surface area contributed by atoms with Crippen molar-refractivity contribution < 1.29 is 9.53 Å². The van der Waals surface area contributed by atoms with Crippen LogP contribution in [-0.4, -0.2) is 70.1 Å². The van der Waals surface area contributed by atoms with Crippen LogP contribution in [0.15, 0.2) is 43.0 Å². The molecule has 0 aliphatic carbocycles. The quantitative estimate of drug-likeness (QED) is 0.313. The molecule has 0 aliphatic heterocycles. The Hall–Kier alpha value is -3.96. The molecule has 0 atom stereocenters. The van der Waals surface area contributed by atoms with Gasteiger partial charge < -0.3 is 15.0 Å². The molecule has 11 heteroatoms. The summed E-state index contributed by atoms with van der Waals surface area (Å²) in [5.74, 6) is 1.25. The summed E-state index contributed by atoms with van der Waals surface area (Å²) >= 11 is 1.34. The molecule has 0 radical (unpaired) electrons. The Morgan fingerprint density at radius 2 is 1.76 bits per heavy atom. The normalized spacial score (nSPS) is 11.0. The predicted molar refractivity (Wildman–Crippen MR) is 146 cm³/mol. The summed E-state index contributed by atoms with van der Waals surface area (Å²) in [5.41, 5.74) is 5.05. The van der Waals surface area contributed by atoms with E-state index < -0.39 is 0 Å². The maximum Gasteiger partial charge on any atom is 0.321 e. The molecule has 0 spiro atoms. The summed E-state index contributed by atoms with van der Waals surface area (Å²) < 4.78 is 5.43. The number of benzene rings is 1. The number of thiazole rings is 1. The second kappa shape index (κ2) is 11.8. The van der Waals surface area contributed by atoms with Crippen molar-refractivity contribution in [1.29, 1.82) is 0 Å². The van der Waals surface area contributed by atoms with Crippen molar-refractivity contribution in [3.05, 3.63) is 54.1 Å². The smallest absolute Gasteiger partial charge is 0.321 e. The largest absolute Gasteiger partial charge is 0.497 e. The second-order valence-electron chi connectivity index (χ2n) is 8.76. The molecule has 4 aromatic rings. The molecule has 10 nitrogen and oxygen atoms in total. The molecule has 3 aromatic heterocycles. The number of hydrogen-bond donors (Lipinski definition) is 2. The maximum absolute atomic E-state index is 12.3. The Labute approximate surface area is 220 Å². The van der Waals surface area contributed by atoms with Crippen molar-refractivity contribution >= 4 is 22.5 Å². The van der Waals surface area contributed by atoms with E-state index in [2.05, 4.69) is 30.5 Å². The summed E-state index contributed by atoms with van der Waals surface area (Å²) in [6, 6.07) is 5.61. The molecule has 0 bridgehead atoms. The molecule has 0 saturated carbocycles. The van der Waals surface area contributed by atoms with E-state index in [1.54, 1.807) is 31.9 Å². The van der Waals surface area contributed by atoms with Crippen LogP contribution in [0.3, 0.4) is 0 Å². The van der Waals surface area contributed by atoms with E-state index in [0.29, 0.717) is 28.9 Å². The maximum atomic E-state index is 12.3. The van der Waals surface area contributed by atoms with Gasteiger partial charge in [0, 0.05) is 30.7 Å². The van der Waals surface area contributed by atoms with E-state index in [9.17, 15) is 4.79 Å². The van der Waals surface area contributed by atoms with E-state index in [1.165, 1.54) is 11.3 Å². The highest BCUT2D eigenvalue weighted by atomic mass is 32.1. The Morgan fingerprint density at radius 3 is 2.43 bits per heavy atom. The number of aryl methyl sites for hydroxylation is 2. The fourth-order valence-corrected chi connectivity index (χ4v) is 4.64. The number of amides is 2. The number of hydrogen-bond acceptors (Lipinski definition) is 9. The van der Waals surface area contributed by atoms with Gasteiger partial charge in [0.15, 0.2) is 11.0 Å². The van der Waals surface area contributed by atoms with Crippen molar-refractivity contribution in [2.45, 2.75) is 20.3 Å².